The standard InChI is InChI=1S/C39H65N3O29/c1-10(47)40-19-13(50)4-39(38(61)62,70-32(19)22(52)14(51)5-43)71-33-24(54)16(7-45)66-37(29(33)59)68-30-17(8-46)67-35(20(26(30)56)41-11(2)48)63-9-18-25(55)31(21(34(60)64-18)42-12(3)49)69-36-28(58)27(57)23(53)15(6-44)65-36/h13-37,43-46,50-60H,4-9H2,1-3H3,(H,40,47)(H,41,48)(H,42,49)(H,61,62)/t13-,14+,15+,16+,17+,18+,19+,20+,21+,22+,23-,24-,25-,26+,27-,28+,29+,30+,31+,32+,33-,34+,35+,36-,37-,39-/m0/s1. The van der Waals surface area contributed by atoms with Crippen LogP contribution in [0.25, 0.3) is 0 Å². The molecule has 410 valence electrons. The molecule has 5 fully saturated rings. The van der Waals surface area contributed by atoms with E-state index in [4.69, 9.17) is 42.6 Å². The minimum Gasteiger partial charge on any atom is -0.477 e. The van der Waals surface area contributed by atoms with Gasteiger partial charge >= 0.3 is 5.97 Å². The molecule has 0 spiro atoms. The summed E-state index contributed by atoms with van der Waals surface area (Å²) in [6.45, 7) is -1.90. The zero-order chi connectivity index (χ0) is 53.0. The lowest BCUT2D eigenvalue weighted by Crippen LogP contribution is -2.71. The molecular formula is C39H65N3O29. The Morgan fingerprint density at radius 1 is 0.577 bits per heavy atom. The van der Waals surface area contributed by atoms with Crippen LogP contribution in [0, 0.1) is 0 Å². The number of aliphatic carboxylic acids is 1. The number of hydrogen-bond acceptors (Lipinski definition) is 28. The number of hydrogen-bond donors (Lipinski definition) is 19. The van der Waals surface area contributed by atoms with Crippen LogP contribution in [-0.4, -0.2) is 297 Å². The number of aliphatic hydroxyl groups is 15. The molecule has 26 atom stereocenters. The average Bonchev–Trinajstić information content (AvgIpc) is 3.31. The molecular weight excluding hydrogens is 974 g/mol. The number of ether oxygens (including phenoxy) is 9. The summed E-state index contributed by atoms with van der Waals surface area (Å²) in [5, 5.41) is 177. The molecule has 5 aliphatic rings. The number of aliphatic hydroxyl groups excluding tert-OH is 15. The van der Waals surface area contributed by atoms with Crippen molar-refractivity contribution in [2.45, 2.75) is 186 Å². The first-order valence-corrected chi connectivity index (χ1v) is 22.2. The fourth-order valence-corrected chi connectivity index (χ4v) is 8.84. The van der Waals surface area contributed by atoms with E-state index in [2.05, 4.69) is 16.0 Å². The molecule has 5 heterocycles. The fraction of sp³-hybridized carbons (Fsp3) is 0.897. The van der Waals surface area contributed by atoms with Crippen LogP contribution in [-0.2, 0) is 61.8 Å². The predicted molar refractivity (Wildman–Crippen MR) is 219 cm³/mol. The topological polar surface area (TPSA) is 511 Å². The largest absolute Gasteiger partial charge is 0.477 e. The maximum atomic E-state index is 12.9. The number of amides is 3. The fourth-order valence-electron chi connectivity index (χ4n) is 8.84. The van der Waals surface area contributed by atoms with Crippen LogP contribution in [0.3, 0.4) is 0 Å². The smallest absolute Gasteiger partial charge is 0.364 e. The van der Waals surface area contributed by atoms with Crippen molar-refractivity contribution in [2.75, 3.05) is 33.0 Å². The average molecular weight is 1040 g/mol. The van der Waals surface area contributed by atoms with Gasteiger partial charge in [0.05, 0.1) is 45.2 Å². The van der Waals surface area contributed by atoms with Crippen molar-refractivity contribution in [3.05, 3.63) is 0 Å². The summed E-state index contributed by atoms with van der Waals surface area (Å²) in [6.07, 6.45) is -44.1. The van der Waals surface area contributed by atoms with E-state index in [1.807, 2.05) is 0 Å². The van der Waals surface area contributed by atoms with Gasteiger partial charge in [0.25, 0.3) is 5.79 Å². The molecule has 3 amide bonds. The lowest BCUT2D eigenvalue weighted by molar-refractivity contribution is -0.383. The van der Waals surface area contributed by atoms with Crippen LogP contribution in [0.15, 0.2) is 0 Å². The molecule has 0 aromatic heterocycles. The summed E-state index contributed by atoms with van der Waals surface area (Å²) >= 11 is 0. The van der Waals surface area contributed by atoms with E-state index < -0.39 is 222 Å². The van der Waals surface area contributed by atoms with Crippen molar-refractivity contribution < 1.29 is 144 Å². The van der Waals surface area contributed by atoms with Crippen LogP contribution in [0.4, 0.5) is 0 Å². The minimum absolute atomic E-state index is 0.764. The Kier molecular flexibility index (Phi) is 20.7. The summed E-state index contributed by atoms with van der Waals surface area (Å²) in [6, 6.07) is -4.96. The van der Waals surface area contributed by atoms with E-state index in [1.165, 1.54) is 0 Å². The molecule has 0 aromatic rings. The van der Waals surface area contributed by atoms with Gasteiger partial charge in [0.1, 0.15) is 116 Å². The first kappa shape index (κ1) is 58.8. The van der Waals surface area contributed by atoms with Gasteiger partial charge in [-0.25, -0.2) is 4.79 Å². The molecule has 0 aliphatic carbocycles. The number of rotatable bonds is 19. The first-order valence-electron chi connectivity index (χ1n) is 22.2. The molecule has 19 N–H and O–H groups in total. The highest BCUT2D eigenvalue weighted by atomic mass is 16.8. The number of carboxylic acid groups (broad SMARTS) is 1. The predicted octanol–water partition coefficient (Wildman–Crippen LogP) is -12.3. The number of carboxylic acids is 1. The van der Waals surface area contributed by atoms with Crippen LogP contribution in [0.2, 0.25) is 0 Å². The Morgan fingerprint density at radius 2 is 1.08 bits per heavy atom. The maximum Gasteiger partial charge on any atom is 0.364 e. The molecule has 0 aromatic carbocycles. The molecule has 0 radical (unpaired) electrons. The Morgan fingerprint density at radius 3 is 1.63 bits per heavy atom. The molecule has 5 rings (SSSR count). The molecule has 0 saturated carbocycles. The van der Waals surface area contributed by atoms with E-state index in [0.717, 1.165) is 20.8 Å². The second-order valence-corrected chi connectivity index (χ2v) is 17.6. The van der Waals surface area contributed by atoms with Crippen molar-refractivity contribution >= 4 is 23.7 Å². The number of nitrogens with one attached hydrogen (secondary N) is 3. The third-order valence-electron chi connectivity index (χ3n) is 12.5. The Labute approximate surface area is 402 Å². The van der Waals surface area contributed by atoms with Gasteiger partial charge in [0, 0.05) is 27.2 Å². The molecule has 0 unspecified atom stereocenters. The number of carbonyl (C=O) groups is 4. The van der Waals surface area contributed by atoms with Crippen LogP contribution in [0.5, 0.6) is 0 Å². The highest BCUT2D eigenvalue weighted by molar-refractivity contribution is 5.77. The lowest BCUT2D eigenvalue weighted by Gasteiger charge is -2.51. The van der Waals surface area contributed by atoms with Gasteiger partial charge in [-0.1, -0.05) is 0 Å². The summed E-state index contributed by atoms with van der Waals surface area (Å²) in [5.41, 5.74) is 0. The molecule has 32 nitrogen and oxygen atoms in total. The van der Waals surface area contributed by atoms with Gasteiger partial charge in [0.15, 0.2) is 25.2 Å². The highest BCUT2D eigenvalue weighted by Gasteiger charge is 2.61. The second-order valence-electron chi connectivity index (χ2n) is 17.6. The summed E-state index contributed by atoms with van der Waals surface area (Å²) in [5.74, 6) is -7.62. The zero-order valence-electron chi connectivity index (χ0n) is 38.1. The van der Waals surface area contributed by atoms with E-state index >= 15 is 0 Å². The van der Waals surface area contributed by atoms with Crippen LogP contribution < -0.4 is 16.0 Å². The van der Waals surface area contributed by atoms with Gasteiger partial charge in [0.2, 0.25) is 17.7 Å². The van der Waals surface area contributed by atoms with Gasteiger partial charge in [-0.3, -0.25) is 14.4 Å². The Bertz CT molecular complexity index is 1770. The van der Waals surface area contributed by atoms with Crippen molar-refractivity contribution in [1.82, 2.24) is 16.0 Å². The van der Waals surface area contributed by atoms with E-state index in [-0.39, 0.29) is 0 Å². The molecule has 5 saturated heterocycles. The number of carbonyl (C=O) groups excluding carboxylic acids is 3. The first-order chi connectivity index (χ1) is 33.3. The molecule has 0 bridgehead atoms. The van der Waals surface area contributed by atoms with E-state index in [9.17, 15) is 101 Å². The molecule has 5 aliphatic heterocycles. The third-order valence-corrected chi connectivity index (χ3v) is 12.5. The van der Waals surface area contributed by atoms with Gasteiger partial charge in [-0.15, -0.1) is 0 Å². The lowest BCUT2D eigenvalue weighted by atomic mass is 9.88. The van der Waals surface area contributed by atoms with Crippen molar-refractivity contribution in [2.24, 2.45) is 0 Å². The minimum atomic E-state index is -3.16. The SMILES string of the molecule is CC(=O)N[C@@H]1[C@@H](O[C@@H]2O[C@H](CO)[C@H](O)[C@H](O)[C@H]2O)[C@@H](O)[C@@H](CO[C@@H]2O[C@H](CO)[C@@H](O[C@@H]3O[C@H](CO)[C@H](O)[C@H](O[C@]4(C(=O)O)C[C@H](O)[C@@H](NC(C)=O)[C@H]([C@H](O)[C@H](O)CO)O4)[C@H]3O)[C@H](O)[C@H]2NC(C)=O)O[C@H]1O. The monoisotopic (exact) mass is 1040 g/mol. The van der Waals surface area contributed by atoms with Crippen molar-refractivity contribution in [3.63, 3.8) is 0 Å². The van der Waals surface area contributed by atoms with Crippen LogP contribution >= 0.6 is 0 Å². The Balaban J connectivity index is 1.36. The van der Waals surface area contributed by atoms with Gasteiger partial charge in [-0.2, -0.15) is 0 Å². The van der Waals surface area contributed by atoms with Gasteiger partial charge in [-0.05, 0) is 0 Å². The normalized spacial score (nSPS) is 45.0. The molecule has 71 heavy (non-hydrogen) atoms. The zero-order valence-corrected chi connectivity index (χ0v) is 38.1. The maximum absolute atomic E-state index is 12.9. The van der Waals surface area contributed by atoms with Crippen molar-refractivity contribution in [3.8, 4) is 0 Å². The highest BCUT2D eigenvalue weighted by Crippen LogP contribution is 2.39. The summed E-state index contributed by atoms with van der Waals surface area (Å²) in [4.78, 5) is 49.5. The van der Waals surface area contributed by atoms with Crippen molar-refractivity contribution in [1.29, 1.82) is 0 Å². The third kappa shape index (κ3) is 13.1. The summed E-state index contributed by atoms with van der Waals surface area (Å²) < 4.78 is 50.9. The Hall–Kier alpha value is -3.08. The second kappa shape index (κ2) is 25.0. The van der Waals surface area contributed by atoms with Crippen LogP contribution in [0.1, 0.15) is 27.2 Å². The van der Waals surface area contributed by atoms with E-state index in [0.29, 0.717) is 0 Å². The summed E-state index contributed by atoms with van der Waals surface area (Å²) in [7, 11) is 0. The molecule has 32 heteroatoms. The van der Waals surface area contributed by atoms with Gasteiger partial charge < -0.3 is 140 Å². The van der Waals surface area contributed by atoms with E-state index in [1.54, 1.807) is 0 Å². The quantitative estimate of drug-likeness (QED) is 0.0571.